The highest BCUT2D eigenvalue weighted by molar-refractivity contribution is 5.96. The maximum absolute atomic E-state index is 13.6. The van der Waals surface area contributed by atoms with E-state index in [1.807, 2.05) is 18.2 Å². The number of carbonyl (C=O) groups excluding carboxylic acids is 2. The molecule has 214 valence electrons. The number of rotatable bonds is 4. The Morgan fingerprint density at radius 2 is 1.44 bits per heavy atom. The van der Waals surface area contributed by atoms with Crippen LogP contribution in [-0.4, -0.2) is 52.3 Å². The Labute approximate surface area is 229 Å². The Morgan fingerprint density at radius 3 is 2.07 bits per heavy atom. The van der Waals surface area contributed by atoms with Crippen LogP contribution in [0.1, 0.15) is 37.4 Å². The highest BCUT2D eigenvalue weighted by atomic mass is 19.4. The molecule has 1 aliphatic rings. The zero-order chi connectivity index (χ0) is 29.5. The van der Waals surface area contributed by atoms with Crippen molar-refractivity contribution in [3.63, 3.8) is 0 Å². The molecule has 3 aromatic carbocycles. The first-order chi connectivity index (χ1) is 19.3. The van der Waals surface area contributed by atoms with Gasteiger partial charge in [0, 0.05) is 47.9 Å². The smallest absolute Gasteiger partial charge is 0.361 e. The molecule has 0 radical (unpaired) electrons. The Morgan fingerprint density at radius 1 is 0.805 bits per heavy atom. The van der Waals surface area contributed by atoms with E-state index in [2.05, 4.69) is 4.98 Å². The normalized spacial score (nSPS) is 16.3. The molecule has 0 aliphatic carbocycles. The first-order valence-electron chi connectivity index (χ1n) is 12.5. The van der Waals surface area contributed by atoms with E-state index < -0.39 is 52.7 Å². The number of halogens is 7. The van der Waals surface area contributed by atoms with Crippen molar-refractivity contribution < 1.29 is 40.3 Å². The fourth-order valence-electron chi connectivity index (χ4n) is 5.06. The second-order valence-electron chi connectivity index (χ2n) is 9.77. The number of alkyl halides is 6. The van der Waals surface area contributed by atoms with E-state index in [1.165, 1.54) is 21.9 Å². The molecular formula is C29H22F7N3O2. The number of aromatic nitrogens is 1. The quantitative estimate of drug-likeness (QED) is 0.280. The third kappa shape index (κ3) is 5.91. The number of hydrogen-bond donors (Lipinski definition) is 1. The number of nitrogens with zero attached hydrogens (tertiary/aromatic N) is 2. The number of benzene rings is 3. The van der Waals surface area contributed by atoms with Gasteiger partial charge in [0.05, 0.1) is 17.2 Å². The van der Waals surface area contributed by atoms with Gasteiger partial charge < -0.3 is 14.8 Å². The summed E-state index contributed by atoms with van der Waals surface area (Å²) in [6.07, 6.45) is -8.35. The molecule has 0 spiro atoms. The monoisotopic (exact) mass is 577 g/mol. The summed E-state index contributed by atoms with van der Waals surface area (Å²) in [7, 11) is 0. The Hall–Kier alpha value is -4.35. The molecule has 1 saturated heterocycles. The van der Waals surface area contributed by atoms with E-state index in [1.54, 1.807) is 12.3 Å². The van der Waals surface area contributed by atoms with Gasteiger partial charge in [-0.25, -0.2) is 4.39 Å². The number of hydrogen-bond acceptors (Lipinski definition) is 2. The molecule has 12 heteroatoms. The largest absolute Gasteiger partial charge is 0.416 e. The minimum atomic E-state index is -5.11. The van der Waals surface area contributed by atoms with Gasteiger partial charge in [0.2, 0.25) is 0 Å². The van der Waals surface area contributed by atoms with Crippen LogP contribution in [-0.2, 0) is 18.8 Å². The van der Waals surface area contributed by atoms with E-state index >= 15 is 0 Å². The fraction of sp³-hybridized carbons (Fsp3) is 0.241. The molecular weight excluding hydrogens is 555 g/mol. The Kier molecular flexibility index (Phi) is 7.26. The number of amides is 2. The zero-order valence-electron chi connectivity index (χ0n) is 21.2. The summed E-state index contributed by atoms with van der Waals surface area (Å²) >= 11 is 0. The first-order valence-corrected chi connectivity index (χ1v) is 12.5. The summed E-state index contributed by atoms with van der Waals surface area (Å²) in [6, 6.07) is 12.2. The molecule has 1 unspecified atom stereocenters. The van der Waals surface area contributed by atoms with Gasteiger partial charge >= 0.3 is 12.4 Å². The van der Waals surface area contributed by atoms with Gasteiger partial charge in [0.1, 0.15) is 5.82 Å². The molecule has 41 heavy (non-hydrogen) atoms. The van der Waals surface area contributed by atoms with Crippen molar-refractivity contribution in [1.82, 2.24) is 14.8 Å². The van der Waals surface area contributed by atoms with E-state index in [9.17, 15) is 40.3 Å². The van der Waals surface area contributed by atoms with Crippen LogP contribution >= 0.6 is 0 Å². The minimum Gasteiger partial charge on any atom is -0.361 e. The van der Waals surface area contributed by atoms with E-state index in [4.69, 9.17) is 0 Å². The summed E-state index contributed by atoms with van der Waals surface area (Å²) in [4.78, 5) is 32.5. The lowest BCUT2D eigenvalue weighted by molar-refractivity contribution is -0.143. The summed E-state index contributed by atoms with van der Waals surface area (Å²) in [5.41, 5.74) is -2.19. The molecule has 4 aromatic rings. The average molecular weight is 578 g/mol. The highest BCUT2D eigenvalue weighted by Gasteiger charge is 2.39. The van der Waals surface area contributed by atoms with Crippen LogP contribution < -0.4 is 0 Å². The van der Waals surface area contributed by atoms with E-state index in [0.29, 0.717) is 12.1 Å². The summed E-state index contributed by atoms with van der Waals surface area (Å²) in [5.74, 6) is -1.99. The fourth-order valence-corrected chi connectivity index (χ4v) is 5.06. The minimum absolute atomic E-state index is 0.0283. The van der Waals surface area contributed by atoms with Crippen LogP contribution in [0.25, 0.3) is 10.9 Å². The molecule has 1 atom stereocenters. The lowest BCUT2D eigenvalue weighted by atomic mass is 9.98. The molecule has 1 aliphatic heterocycles. The first kappa shape index (κ1) is 28.2. The number of nitrogens with one attached hydrogen (secondary N) is 1. The third-order valence-corrected chi connectivity index (χ3v) is 7.09. The molecule has 5 nitrogen and oxygen atoms in total. The molecule has 1 fully saturated rings. The van der Waals surface area contributed by atoms with Crippen LogP contribution in [0.4, 0.5) is 30.7 Å². The van der Waals surface area contributed by atoms with Gasteiger partial charge in [0.15, 0.2) is 0 Å². The van der Waals surface area contributed by atoms with Crippen LogP contribution in [0.15, 0.2) is 72.9 Å². The highest BCUT2D eigenvalue weighted by Crippen LogP contribution is 2.37. The Bertz CT molecular complexity index is 1560. The van der Waals surface area contributed by atoms with E-state index in [0.717, 1.165) is 28.6 Å². The third-order valence-electron chi connectivity index (χ3n) is 7.09. The molecule has 2 amide bonds. The topological polar surface area (TPSA) is 56.4 Å². The second-order valence-corrected chi connectivity index (χ2v) is 9.77. The van der Waals surface area contributed by atoms with Crippen molar-refractivity contribution in [3.8, 4) is 0 Å². The van der Waals surface area contributed by atoms with Crippen molar-refractivity contribution in [1.29, 1.82) is 0 Å². The van der Waals surface area contributed by atoms with Gasteiger partial charge in [-0.3, -0.25) is 9.59 Å². The number of piperazine rings is 1. The second kappa shape index (κ2) is 10.6. The molecule has 1 aromatic heterocycles. The van der Waals surface area contributed by atoms with Gasteiger partial charge in [-0.05, 0) is 60.5 Å². The predicted molar refractivity (Wildman–Crippen MR) is 136 cm³/mol. The zero-order valence-corrected chi connectivity index (χ0v) is 21.2. The van der Waals surface area contributed by atoms with Crippen molar-refractivity contribution in [3.05, 3.63) is 107 Å². The molecule has 2 heterocycles. The van der Waals surface area contributed by atoms with Crippen molar-refractivity contribution in [2.75, 3.05) is 19.6 Å². The number of para-hydroxylation sites is 1. The van der Waals surface area contributed by atoms with E-state index in [-0.39, 0.29) is 37.7 Å². The maximum Gasteiger partial charge on any atom is 0.416 e. The lowest BCUT2D eigenvalue weighted by Gasteiger charge is -2.41. The van der Waals surface area contributed by atoms with Crippen LogP contribution in [0, 0.1) is 5.82 Å². The van der Waals surface area contributed by atoms with Crippen molar-refractivity contribution in [2.45, 2.75) is 24.8 Å². The SMILES string of the molecule is O=C(c1ccc(F)cc1)N1CCN(C(=O)c2cc(C(F)(F)F)cc(C(F)(F)F)c2)C(Cc2c[nH]c3ccccc23)C1. The predicted octanol–water partition coefficient (Wildman–Crippen LogP) is 6.55. The van der Waals surface area contributed by atoms with Crippen LogP contribution in [0.5, 0.6) is 0 Å². The maximum atomic E-state index is 13.6. The average Bonchev–Trinajstić information content (AvgIpc) is 3.34. The van der Waals surface area contributed by atoms with Gasteiger partial charge in [-0.2, -0.15) is 26.3 Å². The Balaban J connectivity index is 1.51. The number of fused-ring (bicyclic) bond motifs is 1. The molecule has 0 bridgehead atoms. The molecule has 1 N–H and O–H groups in total. The van der Waals surface area contributed by atoms with Crippen molar-refractivity contribution >= 4 is 22.7 Å². The van der Waals surface area contributed by atoms with Crippen LogP contribution in [0.2, 0.25) is 0 Å². The summed E-state index contributed by atoms with van der Waals surface area (Å²) in [5, 5.41) is 0.820. The molecule has 0 saturated carbocycles. The van der Waals surface area contributed by atoms with Crippen molar-refractivity contribution in [2.24, 2.45) is 0 Å². The van der Waals surface area contributed by atoms with Gasteiger partial charge in [-0.15, -0.1) is 0 Å². The standard InChI is InChI=1S/C29H22F7N3O2/c30-22-7-5-17(6-8-22)26(40)38-9-10-39(23(16-38)13-19-15-37-25-4-2-1-3-24(19)25)27(41)18-11-20(28(31,32)33)14-21(12-18)29(34,35)36/h1-8,11-12,14-15,23,37H,9-10,13,16H2. The summed E-state index contributed by atoms with van der Waals surface area (Å²) < 4.78 is 94.3. The van der Waals surface area contributed by atoms with Crippen LogP contribution in [0.3, 0.4) is 0 Å². The summed E-state index contributed by atoms with van der Waals surface area (Å²) in [6.45, 7) is -0.222. The van der Waals surface area contributed by atoms with Gasteiger partial charge in [0.25, 0.3) is 11.8 Å². The van der Waals surface area contributed by atoms with Gasteiger partial charge in [-0.1, -0.05) is 18.2 Å². The lowest BCUT2D eigenvalue weighted by Crippen LogP contribution is -2.57. The number of carbonyl (C=O) groups is 2. The number of aromatic amines is 1. The number of H-pyrrole nitrogens is 1. The molecule has 5 rings (SSSR count).